The predicted octanol–water partition coefficient (Wildman–Crippen LogP) is 4.52. The van der Waals surface area contributed by atoms with Gasteiger partial charge in [0.15, 0.2) is 0 Å². The molecule has 2 aromatic carbocycles. The molecule has 3 N–H and O–H groups in total. The van der Waals surface area contributed by atoms with Gasteiger partial charge in [0, 0.05) is 66.4 Å². The molecule has 0 bridgehead atoms. The maximum atomic E-state index is 12.8. The van der Waals surface area contributed by atoms with Crippen molar-refractivity contribution in [2.24, 2.45) is 0 Å². The molecule has 11 nitrogen and oxygen atoms in total. The predicted molar refractivity (Wildman–Crippen MR) is 141 cm³/mol. The van der Waals surface area contributed by atoms with E-state index in [1.807, 2.05) is 29.1 Å². The minimum Gasteiger partial charge on any atom is -0.406 e. The Morgan fingerprint density at radius 1 is 1.03 bits per heavy atom. The molecule has 0 radical (unpaired) electrons. The van der Waals surface area contributed by atoms with Crippen LogP contribution in [0.4, 0.5) is 29.7 Å². The van der Waals surface area contributed by atoms with Crippen LogP contribution in [0.3, 0.4) is 0 Å². The van der Waals surface area contributed by atoms with E-state index < -0.39 is 16.6 Å². The van der Waals surface area contributed by atoms with Crippen LogP contribution in [0.1, 0.15) is 5.56 Å². The third-order valence-corrected chi connectivity index (χ3v) is 7.43. The van der Waals surface area contributed by atoms with Gasteiger partial charge in [0.05, 0.1) is 11.7 Å². The maximum Gasteiger partial charge on any atom is 0.573 e. The number of aromatic nitrogens is 5. The van der Waals surface area contributed by atoms with Crippen molar-refractivity contribution in [2.75, 3.05) is 21.9 Å². The van der Waals surface area contributed by atoms with Crippen molar-refractivity contribution < 1.29 is 26.3 Å². The Labute approximate surface area is 224 Å². The van der Waals surface area contributed by atoms with Crippen LogP contribution in [-0.2, 0) is 23.3 Å². The first-order valence-electron chi connectivity index (χ1n) is 11.4. The molecular formula is C23H21F3N8O3S2. The van der Waals surface area contributed by atoms with Gasteiger partial charge in [0.1, 0.15) is 12.1 Å². The smallest absolute Gasteiger partial charge is 0.406 e. The highest BCUT2D eigenvalue weighted by Crippen LogP contribution is 2.30. The molecule has 5 aromatic rings. The summed E-state index contributed by atoms with van der Waals surface area (Å²) in [5.41, 5.74) is 2.03. The number of hydrogen-bond acceptors (Lipinski definition) is 9. The second-order valence-corrected chi connectivity index (χ2v) is 10.4. The standard InChI is InChI=1S/C23H21F3N8O3S2/c24-23(25,26)37-17-7-6-16(20(12-17)27-8-11-33-9-1-2-10-33)13-28-19-4-3-5-21-18(19)14-30-34(21)39(35,36)32-22-29-15-31-38-22/h1-7,9-10,12,14-15,27-28H,8,11,13H2,(H,29,31,32). The van der Waals surface area contributed by atoms with Gasteiger partial charge in [-0.25, -0.2) is 9.71 Å². The largest absolute Gasteiger partial charge is 0.573 e. The molecule has 0 aliphatic carbocycles. The minimum atomic E-state index is -4.82. The first-order valence-corrected chi connectivity index (χ1v) is 13.6. The van der Waals surface area contributed by atoms with Gasteiger partial charge in [-0.15, -0.1) is 17.3 Å². The summed E-state index contributed by atoms with van der Waals surface area (Å²) in [5.74, 6) is -0.341. The third-order valence-electron chi connectivity index (χ3n) is 5.52. The molecule has 16 heteroatoms. The highest BCUT2D eigenvalue weighted by atomic mass is 32.2. The molecule has 0 unspecified atom stereocenters. The number of alkyl halides is 3. The Bertz CT molecular complexity index is 1650. The lowest BCUT2D eigenvalue weighted by atomic mass is 10.1. The Kier molecular flexibility index (Phi) is 7.30. The Morgan fingerprint density at radius 3 is 2.59 bits per heavy atom. The highest BCUT2D eigenvalue weighted by molar-refractivity contribution is 7.91. The van der Waals surface area contributed by atoms with Crippen LogP contribution in [0.15, 0.2) is 73.4 Å². The molecule has 0 atom stereocenters. The van der Waals surface area contributed by atoms with Crippen LogP contribution in [0.2, 0.25) is 0 Å². The van der Waals surface area contributed by atoms with E-state index in [2.05, 4.69) is 34.5 Å². The van der Waals surface area contributed by atoms with Gasteiger partial charge in [0.25, 0.3) is 0 Å². The minimum absolute atomic E-state index is 0.0997. The van der Waals surface area contributed by atoms with E-state index in [1.165, 1.54) is 30.7 Å². The van der Waals surface area contributed by atoms with Crippen molar-refractivity contribution >= 4 is 49.2 Å². The molecule has 5 rings (SSSR count). The van der Waals surface area contributed by atoms with Crippen molar-refractivity contribution in [3.8, 4) is 5.75 Å². The fraction of sp³-hybridized carbons (Fsp3) is 0.174. The zero-order valence-electron chi connectivity index (χ0n) is 20.0. The molecular weight excluding hydrogens is 557 g/mol. The van der Waals surface area contributed by atoms with Gasteiger partial charge >= 0.3 is 16.6 Å². The van der Waals surface area contributed by atoms with E-state index in [9.17, 15) is 21.6 Å². The van der Waals surface area contributed by atoms with Gasteiger partial charge in [-0.05, 0) is 35.9 Å². The third kappa shape index (κ3) is 6.40. The molecule has 0 aliphatic heterocycles. The summed E-state index contributed by atoms with van der Waals surface area (Å²) in [5, 5.41) is 11.1. The van der Waals surface area contributed by atoms with Crippen LogP contribution in [0.5, 0.6) is 5.75 Å². The average molecular weight is 579 g/mol. The maximum absolute atomic E-state index is 12.8. The molecule has 204 valence electrons. The number of ether oxygens (including phenoxy) is 1. The molecule has 3 heterocycles. The van der Waals surface area contributed by atoms with Crippen molar-refractivity contribution in [2.45, 2.75) is 19.5 Å². The van der Waals surface area contributed by atoms with Crippen molar-refractivity contribution in [3.63, 3.8) is 0 Å². The zero-order valence-corrected chi connectivity index (χ0v) is 21.6. The lowest BCUT2D eigenvalue weighted by Crippen LogP contribution is -2.22. The molecule has 0 amide bonds. The number of fused-ring (bicyclic) bond motifs is 1. The molecule has 0 saturated carbocycles. The van der Waals surface area contributed by atoms with E-state index in [1.54, 1.807) is 18.2 Å². The first kappa shape index (κ1) is 26.3. The summed E-state index contributed by atoms with van der Waals surface area (Å²) in [6, 6.07) is 12.9. The van der Waals surface area contributed by atoms with Gasteiger partial charge in [-0.2, -0.15) is 17.9 Å². The topological polar surface area (TPSA) is 128 Å². The van der Waals surface area contributed by atoms with Crippen LogP contribution >= 0.6 is 11.5 Å². The second-order valence-electron chi connectivity index (χ2n) is 8.15. The molecule has 3 aromatic heterocycles. The number of anilines is 3. The Morgan fingerprint density at radius 2 is 1.85 bits per heavy atom. The van der Waals surface area contributed by atoms with Crippen molar-refractivity contribution in [3.05, 3.63) is 79.0 Å². The number of nitrogens with one attached hydrogen (secondary N) is 3. The van der Waals surface area contributed by atoms with Crippen LogP contribution in [0.25, 0.3) is 10.9 Å². The Hall–Kier alpha value is -4.31. The van der Waals surface area contributed by atoms with Gasteiger partial charge in [-0.1, -0.05) is 12.1 Å². The molecule has 0 spiro atoms. The van der Waals surface area contributed by atoms with E-state index in [4.69, 9.17) is 0 Å². The quantitative estimate of drug-likeness (QED) is 0.209. The van der Waals surface area contributed by atoms with E-state index >= 15 is 0 Å². The van der Waals surface area contributed by atoms with Gasteiger partial charge in [0.2, 0.25) is 5.13 Å². The average Bonchev–Trinajstić information content (AvgIpc) is 3.65. The first-order chi connectivity index (χ1) is 18.7. The number of halogens is 3. The van der Waals surface area contributed by atoms with Crippen LogP contribution in [-0.4, -0.2) is 44.4 Å². The lowest BCUT2D eigenvalue weighted by molar-refractivity contribution is -0.274. The highest BCUT2D eigenvalue weighted by Gasteiger charge is 2.31. The Balaban J connectivity index is 1.36. The molecule has 0 saturated heterocycles. The lowest BCUT2D eigenvalue weighted by Gasteiger charge is -2.17. The summed E-state index contributed by atoms with van der Waals surface area (Å²) in [7, 11) is -4.09. The summed E-state index contributed by atoms with van der Waals surface area (Å²) in [6.07, 6.45) is 1.60. The number of rotatable bonds is 11. The second kappa shape index (κ2) is 10.8. The van der Waals surface area contributed by atoms with Gasteiger partial charge < -0.3 is 19.9 Å². The molecule has 39 heavy (non-hydrogen) atoms. The number of hydrogen-bond donors (Lipinski definition) is 3. The van der Waals surface area contributed by atoms with Crippen molar-refractivity contribution in [1.82, 2.24) is 23.1 Å². The summed E-state index contributed by atoms with van der Waals surface area (Å²) < 4.78 is 77.1. The normalized spacial score (nSPS) is 12.0. The van der Waals surface area contributed by atoms with Crippen molar-refractivity contribution in [1.29, 1.82) is 0 Å². The van der Waals surface area contributed by atoms with E-state index in [-0.39, 0.29) is 17.4 Å². The fourth-order valence-corrected chi connectivity index (χ4v) is 5.55. The van der Waals surface area contributed by atoms with Crippen LogP contribution in [0, 0.1) is 0 Å². The summed E-state index contributed by atoms with van der Waals surface area (Å²) in [6.45, 7) is 1.28. The fourth-order valence-electron chi connectivity index (χ4n) is 3.85. The molecule has 0 aliphatic rings. The monoisotopic (exact) mass is 578 g/mol. The molecule has 0 fully saturated rings. The summed E-state index contributed by atoms with van der Waals surface area (Å²) >= 11 is 0.888. The zero-order chi connectivity index (χ0) is 27.5. The van der Waals surface area contributed by atoms with Crippen LogP contribution < -0.4 is 20.1 Å². The van der Waals surface area contributed by atoms with E-state index in [0.717, 1.165) is 15.6 Å². The van der Waals surface area contributed by atoms with Gasteiger partial charge in [-0.3, -0.25) is 0 Å². The van der Waals surface area contributed by atoms with E-state index in [0.29, 0.717) is 40.9 Å². The summed E-state index contributed by atoms with van der Waals surface area (Å²) in [4.78, 5) is 3.83. The SMILES string of the molecule is O=S(=O)(Nc1ncns1)n1ncc2c(NCc3ccc(OC(F)(F)F)cc3NCCn3cccc3)cccc21. The number of nitrogens with zero attached hydrogens (tertiary/aromatic N) is 5. The number of benzene rings is 2.